The average molecular weight is 144 g/mol. The maximum Gasteiger partial charge on any atom is 0.332 e. The number of carboxylic acid groups (broad SMARTS) is 1. The number of aliphatic carboxylic acids is 1. The number of ether oxygens (including phenoxy) is 1. The number of rotatable bonds is 2. The third-order valence-electron chi connectivity index (χ3n) is 1.48. The minimum atomic E-state index is -0.982. The van der Waals surface area contributed by atoms with E-state index in [2.05, 4.69) is 0 Å². The van der Waals surface area contributed by atoms with E-state index in [1.54, 1.807) is 0 Å². The van der Waals surface area contributed by atoms with Crippen molar-refractivity contribution in [2.75, 3.05) is 0 Å². The Labute approximate surface area is 57.8 Å². The van der Waals surface area contributed by atoms with Crippen molar-refractivity contribution in [3.05, 3.63) is 0 Å². The molecule has 0 aromatic rings. The van der Waals surface area contributed by atoms with E-state index >= 15 is 0 Å². The Kier molecular flexibility index (Phi) is 2.01. The van der Waals surface area contributed by atoms with Gasteiger partial charge in [-0.25, -0.2) is 4.79 Å². The van der Waals surface area contributed by atoms with Gasteiger partial charge in [-0.2, -0.15) is 0 Å². The first-order valence-corrected chi connectivity index (χ1v) is 3.07. The molecule has 56 valence electrons. The monoisotopic (exact) mass is 144 g/mol. The first kappa shape index (κ1) is 7.21. The molecule has 1 saturated heterocycles. The summed E-state index contributed by atoms with van der Waals surface area (Å²) in [5.41, 5.74) is 0. The second kappa shape index (κ2) is 2.79. The van der Waals surface area contributed by atoms with Crippen molar-refractivity contribution in [3.63, 3.8) is 0 Å². The lowest BCUT2D eigenvalue weighted by atomic mass is 10.2. The highest BCUT2D eigenvalue weighted by Gasteiger charge is 2.29. The van der Waals surface area contributed by atoms with E-state index in [1.165, 1.54) is 0 Å². The van der Waals surface area contributed by atoms with Gasteiger partial charge in [-0.3, -0.25) is 0 Å². The van der Waals surface area contributed by atoms with Crippen molar-refractivity contribution in [1.29, 1.82) is 0 Å². The van der Waals surface area contributed by atoms with Crippen LogP contribution in [0.4, 0.5) is 0 Å². The fourth-order valence-corrected chi connectivity index (χ4v) is 0.945. The molecule has 1 fully saturated rings. The molecule has 0 amide bonds. The summed E-state index contributed by atoms with van der Waals surface area (Å²) in [6.07, 6.45) is 0.346. The van der Waals surface area contributed by atoms with Gasteiger partial charge < -0.3 is 14.6 Å². The van der Waals surface area contributed by atoms with Crippen LogP contribution in [0.1, 0.15) is 12.8 Å². The maximum absolute atomic E-state index is 10.2. The first-order valence-electron chi connectivity index (χ1n) is 3.07. The van der Waals surface area contributed by atoms with Crippen molar-refractivity contribution in [3.8, 4) is 0 Å². The molecule has 1 N–H and O–H groups in total. The van der Waals surface area contributed by atoms with Crippen molar-refractivity contribution < 1.29 is 19.4 Å². The number of carbonyl (C=O) groups is 2. The van der Waals surface area contributed by atoms with E-state index < -0.39 is 18.2 Å². The van der Waals surface area contributed by atoms with E-state index in [4.69, 9.17) is 9.84 Å². The van der Waals surface area contributed by atoms with Crippen LogP contribution in [0.25, 0.3) is 0 Å². The van der Waals surface area contributed by atoms with Crippen LogP contribution >= 0.6 is 0 Å². The summed E-state index contributed by atoms with van der Waals surface area (Å²) in [5.74, 6) is -0.982. The van der Waals surface area contributed by atoms with Gasteiger partial charge in [0.15, 0.2) is 6.10 Å². The van der Waals surface area contributed by atoms with Crippen LogP contribution in [-0.2, 0) is 14.3 Å². The van der Waals surface area contributed by atoms with Gasteiger partial charge in [0.25, 0.3) is 0 Å². The zero-order chi connectivity index (χ0) is 7.56. The molecule has 1 aliphatic rings. The molecule has 0 aliphatic carbocycles. The van der Waals surface area contributed by atoms with Crippen molar-refractivity contribution >= 4 is 12.3 Å². The molecule has 4 heteroatoms. The van der Waals surface area contributed by atoms with Gasteiger partial charge in [0.2, 0.25) is 0 Å². The van der Waals surface area contributed by atoms with Gasteiger partial charge in [0, 0.05) is 0 Å². The zero-order valence-corrected chi connectivity index (χ0v) is 5.32. The Morgan fingerprint density at radius 3 is 2.60 bits per heavy atom. The summed E-state index contributed by atoms with van der Waals surface area (Å²) in [4.78, 5) is 20.3. The van der Waals surface area contributed by atoms with Crippen LogP contribution in [0.3, 0.4) is 0 Å². The normalized spacial score (nSPS) is 32.0. The summed E-state index contributed by atoms with van der Waals surface area (Å²) in [6, 6.07) is 0. The Bertz CT molecular complexity index is 154. The third-order valence-corrected chi connectivity index (χ3v) is 1.48. The summed E-state index contributed by atoms with van der Waals surface area (Å²) in [7, 11) is 0. The van der Waals surface area contributed by atoms with E-state index in [0.717, 1.165) is 0 Å². The van der Waals surface area contributed by atoms with E-state index in [1.807, 2.05) is 0 Å². The lowest BCUT2D eigenvalue weighted by Gasteiger charge is -2.02. The fourth-order valence-electron chi connectivity index (χ4n) is 0.945. The second-order valence-corrected chi connectivity index (χ2v) is 2.21. The molecule has 2 unspecified atom stereocenters. The molecule has 1 rings (SSSR count). The SMILES string of the molecule is O=CC1CCC(C(=O)O)O1. The summed E-state index contributed by atoms with van der Waals surface area (Å²) < 4.78 is 4.80. The van der Waals surface area contributed by atoms with Crippen LogP contribution < -0.4 is 0 Å². The third kappa shape index (κ3) is 1.33. The molecule has 0 aromatic carbocycles. The molecule has 10 heavy (non-hydrogen) atoms. The summed E-state index contributed by atoms with van der Waals surface area (Å²) in [5, 5.41) is 8.39. The fraction of sp³-hybridized carbons (Fsp3) is 0.667. The maximum atomic E-state index is 10.2. The predicted octanol–water partition coefficient (Wildman–Crippen LogP) is -0.182. The molecular weight excluding hydrogens is 136 g/mol. The van der Waals surface area contributed by atoms with Gasteiger partial charge in [-0.15, -0.1) is 0 Å². The Hall–Kier alpha value is -0.900. The molecule has 0 aromatic heterocycles. The van der Waals surface area contributed by atoms with E-state index in [9.17, 15) is 9.59 Å². The quantitative estimate of drug-likeness (QED) is 0.546. The molecule has 0 saturated carbocycles. The largest absolute Gasteiger partial charge is 0.479 e. The standard InChI is InChI=1S/C6H8O4/c7-3-4-1-2-5(10-4)6(8)9/h3-5H,1-2H2,(H,8,9). The van der Waals surface area contributed by atoms with Crippen molar-refractivity contribution in [1.82, 2.24) is 0 Å². The molecule has 4 nitrogen and oxygen atoms in total. The lowest BCUT2D eigenvalue weighted by Crippen LogP contribution is -2.20. The van der Waals surface area contributed by atoms with Gasteiger partial charge in [0.1, 0.15) is 12.4 Å². The average Bonchev–Trinajstić information content (AvgIpc) is 2.34. The zero-order valence-electron chi connectivity index (χ0n) is 5.32. The minimum absolute atomic E-state index is 0.443. The van der Waals surface area contributed by atoms with Crippen molar-refractivity contribution in [2.45, 2.75) is 25.0 Å². The number of hydrogen-bond acceptors (Lipinski definition) is 3. The predicted molar refractivity (Wildman–Crippen MR) is 31.6 cm³/mol. The Morgan fingerprint density at radius 2 is 2.30 bits per heavy atom. The highest BCUT2D eigenvalue weighted by molar-refractivity contribution is 5.73. The van der Waals surface area contributed by atoms with Crippen LogP contribution in [0, 0.1) is 0 Å². The molecular formula is C6H8O4. The minimum Gasteiger partial charge on any atom is -0.479 e. The van der Waals surface area contributed by atoms with Gasteiger partial charge in [0.05, 0.1) is 0 Å². The van der Waals surface area contributed by atoms with Gasteiger partial charge in [-0.05, 0) is 12.8 Å². The van der Waals surface area contributed by atoms with E-state index in [0.29, 0.717) is 19.1 Å². The molecule has 0 bridgehead atoms. The molecule has 0 radical (unpaired) electrons. The number of carboxylic acids is 1. The Balaban J connectivity index is 2.42. The van der Waals surface area contributed by atoms with Crippen LogP contribution in [0.5, 0.6) is 0 Å². The summed E-state index contributed by atoms with van der Waals surface area (Å²) >= 11 is 0. The highest BCUT2D eigenvalue weighted by atomic mass is 16.5. The molecule has 1 aliphatic heterocycles. The van der Waals surface area contributed by atoms with Gasteiger partial charge >= 0.3 is 5.97 Å². The molecule has 0 spiro atoms. The smallest absolute Gasteiger partial charge is 0.332 e. The molecule has 2 atom stereocenters. The highest BCUT2D eigenvalue weighted by Crippen LogP contribution is 2.17. The van der Waals surface area contributed by atoms with Crippen LogP contribution in [0.15, 0.2) is 0 Å². The van der Waals surface area contributed by atoms with Gasteiger partial charge in [-0.1, -0.05) is 0 Å². The van der Waals surface area contributed by atoms with Crippen LogP contribution in [0.2, 0.25) is 0 Å². The van der Waals surface area contributed by atoms with Crippen LogP contribution in [-0.4, -0.2) is 29.6 Å². The summed E-state index contributed by atoms with van der Waals surface area (Å²) in [6.45, 7) is 0. The molecule has 1 heterocycles. The Morgan fingerprint density at radius 1 is 1.60 bits per heavy atom. The number of carbonyl (C=O) groups excluding carboxylic acids is 1. The number of hydrogen-bond donors (Lipinski definition) is 1. The number of aldehydes is 1. The second-order valence-electron chi connectivity index (χ2n) is 2.21. The van der Waals surface area contributed by atoms with Crippen molar-refractivity contribution in [2.24, 2.45) is 0 Å². The topological polar surface area (TPSA) is 63.6 Å². The lowest BCUT2D eigenvalue weighted by molar-refractivity contribution is -0.149. The van der Waals surface area contributed by atoms with E-state index in [-0.39, 0.29) is 0 Å². The first-order chi connectivity index (χ1) is 4.74.